The van der Waals surface area contributed by atoms with Crippen LogP contribution in [0.3, 0.4) is 0 Å². The fourth-order valence-electron chi connectivity index (χ4n) is 2.19. The summed E-state index contributed by atoms with van der Waals surface area (Å²) in [6, 6.07) is 9.46. The minimum Gasteiger partial charge on any atom is -0.478 e. The number of hydrogen-bond acceptors (Lipinski definition) is 2. The zero-order valence-electron chi connectivity index (χ0n) is 10.7. The van der Waals surface area contributed by atoms with Crippen molar-refractivity contribution in [3.8, 4) is 5.69 Å². The molecule has 0 bridgehead atoms. The van der Waals surface area contributed by atoms with Crippen LogP contribution in [0.5, 0.6) is 0 Å². The third-order valence-electron chi connectivity index (χ3n) is 3.29. The van der Waals surface area contributed by atoms with Crippen molar-refractivity contribution < 1.29 is 14.3 Å². The van der Waals surface area contributed by atoms with Gasteiger partial charge >= 0.3 is 5.97 Å². The summed E-state index contributed by atoms with van der Waals surface area (Å²) < 4.78 is 15.3. The van der Waals surface area contributed by atoms with Crippen LogP contribution < -0.4 is 0 Å². The van der Waals surface area contributed by atoms with Gasteiger partial charge in [-0.3, -0.25) is 4.57 Å². The lowest BCUT2D eigenvalue weighted by atomic mass is 10.1. The van der Waals surface area contributed by atoms with Gasteiger partial charge in [-0.15, -0.1) is 0 Å². The van der Waals surface area contributed by atoms with E-state index < -0.39 is 5.97 Å². The van der Waals surface area contributed by atoms with Crippen molar-refractivity contribution in [1.29, 1.82) is 0 Å². The van der Waals surface area contributed by atoms with Gasteiger partial charge in [0.15, 0.2) is 0 Å². The number of hydrogen-bond donors (Lipinski definition) is 1. The van der Waals surface area contributed by atoms with Crippen molar-refractivity contribution in [3.63, 3.8) is 0 Å². The minimum atomic E-state index is -1.00. The first-order valence-corrected chi connectivity index (χ1v) is 6.04. The number of carboxylic acid groups (broad SMARTS) is 1. The molecule has 0 saturated carbocycles. The van der Waals surface area contributed by atoms with Gasteiger partial charge in [0.2, 0.25) is 0 Å². The van der Waals surface area contributed by atoms with Crippen molar-refractivity contribution in [2.45, 2.75) is 6.92 Å². The number of fused-ring (bicyclic) bond motifs is 1. The second-order valence-electron chi connectivity index (χ2n) is 4.51. The molecular formula is C15H11FN2O2. The number of benzene rings is 2. The summed E-state index contributed by atoms with van der Waals surface area (Å²) in [4.78, 5) is 15.3. The maximum absolute atomic E-state index is 13.7. The van der Waals surface area contributed by atoms with Crippen molar-refractivity contribution in [1.82, 2.24) is 9.55 Å². The van der Waals surface area contributed by atoms with E-state index in [0.29, 0.717) is 22.3 Å². The van der Waals surface area contributed by atoms with Gasteiger partial charge in [0.1, 0.15) is 12.1 Å². The largest absolute Gasteiger partial charge is 0.478 e. The molecular weight excluding hydrogens is 259 g/mol. The number of carbonyl (C=O) groups is 1. The summed E-state index contributed by atoms with van der Waals surface area (Å²) in [5.74, 6) is -1.31. The Bertz CT molecular complexity index is 824. The molecule has 20 heavy (non-hydrogen) atoms. The molecule has 0 atom stereocenters. The van der Waals surface area contributed by atoms with E-state index in [-0.39, 0.29) is 11.4 Å². The second kappa shape index (κ2) is 4.45. The summed E-state index contributed by atoms with van der Waals surface area (Å²) in [5.41, 5.74) is 2.62. The molecule has 0 aliphatic heterocycles. The predicted molar refractivity (Wildman–Crippen MR) is 72.7 cm³/mol. The zero-order chi connectivity index (χ0) is 14.3. The molecule has 2 aromatic carbocycles. The molecule has 0 fully saturated rings. The number of halogens is 1. The standard InChI is InChI=1S/C15H11FN2O2/c1-9-11(16)3-2-4-13(9)18-8-17-12-6-5-10(15(19)20)7-14(12)18/h2-8H,1H3,(H,19,20). The van der Waals surface area contributed by atoms with Gasteiger partial charge in [-0.25, -0.2) is 14.2 Å². The lowest BCUT2D eigenvalue weighted by molar-refractivity contribution is 0.0697. The molecule has 0 spiro atoms. The monoisotopic (exact) mass is 270 g/mol. The van der Waals surface area contributed by atoms with Crippen LogP contribution in [-0.4, -0.2) is 20.6 Å². The van der Waals surface area contributed by atoms with Gasteiger partial charge in [0, 0.05) is 5.56 Å². The minimum absolute atomic E-state index is 0.174. The molecule has 0 radical (unpaired) electrons. The molecule has 0 amide bonds. The maximum Gasteiger partial charge on any atom is 0.335 e. The lowest BCUT2D eigenvalue weighted by Gasteiger charge is -2.09. The second-order valence-corrected chi connectivity index (χ2v) is 4.51. The van der Waals surface area contributed by atoms with E-state index in [4.69, 9.17) is 5.11 Å². The first kappa shape index (κ1) is 12.3. The third kappa shape index (κ3) is 1.84. The van der Waals surface area contributed by atoms with Crippen LogP contribution >= 0.6 is 0 Å². The zero-order valence-corrected chi connectivity index (χ0v) is 10.7. The third-order valence-corrected chi connectivity index (χ3v) is 3.29. The van der Waals surface area contributed by atoms with Crippen LogP contribution in [0.2, 0.25) is 0 Å². The molecule has 3 aromatic rings. The van der Waals surface area contributed by atoms with Crippen molar-refractivity contribution in [2.75, 3.05) is 0 Å². The highest BCUT2D eigenvalue weighted by molar-refractivity contribution is 5.92. The van der Waals surface area contributed by atoms with Crippen LogP contribution in [0.25, 0.3) is 16.7 Å². The Morgan fingerprint density at radius 2 is 2.10 bits per heavy atom. The Hall–Kier alpha value is -2.69. The van der Waals surface area contributed by atoms with Crippen LogP contribution in [0, 0.1) is 12.7 Å². The molecule has 5 heteroatoms. The highest BCUT2D eigenvalue weighted by Crippen LogP contribution is 2.23. The molecule has 1 N–H and O–H groups in total. The summed E-state index contributed by atoms with van der Waals surface area (Å²) >= 11 is 0. The van der Waals surface area contributed by atoms with Gasteiger partial charge in [-0.2, -0.15) is 0 Å². The number of aromatic carboxylic acids is 1. The van der Waals surface area contributed by atoms with Crippen LogP contribution in [0.15, 0.2) is 42.7 Å². The maximum atomic E-state index is 13.7. The van der Waals surface area contributed by atoms with Gasteiger partial charge in [0.25, 0.3) is 0 Å². The Morgan fingerprint density at radius 1 is 1.30 bits per heavy atom. The molecule has 4 nitrogen and oxygen atoms in total. The number of carboxylic acids is 1. The van der Waals surface area contributed by atoms with Crippen LogP contribution in [0.1, 0.15) is 15.9 Å². The van der Waals surface area contributed by atoms with E-state index in [1.807, 2.05) is 0 Å². The molecule has 0 aliphatic carbocycles. The Labute approximate surface area is 114 Å². The van der Waals surface area contributed by atoms with E-state index in [1.165, 1.54) is 18.2 Å². The first-order chi connectivity index (χ1) is 9.58. The lowest BCUT2D eigenvalue weighted by Crippen LogP contribution is -1.99. The van der Waals surface area contributed by atoms with Crippen molar-refractivity contribution in [3.05, 3.63) is 59.7 Å². The molecule has 0 unspecified atom stereocenters. The Balaban J connectivity index is 2.28. The van der Waals surface area contributed by atoms with Crippen LogP contribution in [0.4, 0.5) is 4.39 Å². The smallest absolute Gasteiger partial charge is 0.335 e. The summed E-state index contributed by atoms with van der Waals surface area (Å²) in [7, 11) is 0. The number of imidazole rings is 1. The van der Waals surface area contributed by atoms with E-state index in [1.54, 1.807) is 36.0 Å². The van der Waals surface area contributed by atoms with Gasteiger partial charge in [-0.05, 0) is 37.3 Å². The number of nitrogens with zero attached hydrogens (tertiary/aromatic N) is 2. The van der Waals surface area contributed by atoms with Gasteiger partial charge < -0.3 is 5.11 Å². The SMILES string of the molecule is Cc1c(F)cccc1-n1cnc2ccc(C(=O)O)cc21. The van der Waals surface area contributed by atoms with Crippen molar-refractivity contribution in [2.24, 2.45) is 0 Å². The Kier molecular flexibility index (Phi) is 2.75. The molecule has 3 rings (SSSR count). The normalized spacial score (nSPS) is 10.9. The molecule has 1 aromatic heterocycles. The fourth-order valence-corrected chi connectivity index (χ4v) is 2.19. The molecule has 100 valence electrons. The van der Waals surface area contributed by atoms with E-state index >= 15 is 0 Å². The average molecular weight is 270 g/mol. The quantitative estimate of drug-likeness (QED) is 0.778. The van der Waals surface area contributed by atoms with Crippen molar-refractivity contribution >= 4 is 17.0 Å². The molecule has 0 saturated heterocycles. The van der Waals surface area contributed by atoms with Gasteiger partial charge in [0.05, 0.1) is 22.3 Å². The highest BCUT2D eigenvalue weighted by atomic mass is 19.1. The average Bonchev–Trinajstić information content (AvgIpc) is 2.84. The van der Waals surface area contributed by atoms with E-state index in [2.05, 4.69) is 4.98 Å². The number of aromatic nitrogens is 2. The van der Waals surface area contributed by atoms with E-state index in [0.717, 1.165) is 0 Å². The summed E-state index contributed by atoms with van der Waals surface area (Å²) in [6.45, 7) is 1.68. The topological polar surface area (TPSA) is 55.1 Å². The fraction of sp³-hybridized carbons (Fsp3) is 0.0667. The Morgan fingerprint density at radius 3 is 2.85 bits per heavy atom. The number of rotatable bonds is 2. The van der Waals surface area contributed by atoms with Gasteiger partial charge in [-0.1, -0.05) is 6.07 Å². The highest BCUT2D eigenvalue weighted by Gasteiger charge is 2.11. The first-order valence-electron chi connectivity index (χ1n) is 6.04. The summed E-state index contributed by atoms with van der Waals surface area (Å²) in [5, 5.41) is 9.05. The predicted octanol–water partition coefficient (Wildman–Crippen LogP) is 3.17. The summed E-state index contributed by atoms with van der Waals surface area (Å²) in [6.07, 6.45) is 1.57. The van der Waals surface area contributed by atoms with E-state index in [9.17, 15) is 9.18 Å². The molecule has 1 heterocycles. The molecule has 0 aliphatic rings. The van der Waals surface area contributed by atoms with Crippen LogP contribution in [-0.2, 0) is 0 Å².